The van der Waals surface area contributed by atoms with Gasteiger partial charge in [0.2, 0.25) is 0 Å². The molecule has 1 heterocycles. The lowest BCUT2D eigenvalue weighted by Gasteiger charge is -2.29. The maximum absolute atomic E-state index is 10.2. The molecule has 0 saturated carbocycles. The van der Waals surface area contributed by atoms with Crippen LogP contribution in [0.25, 0.3) is 0 Å². The van der Waals surface area contributed by atoms with Gasteiger partial charge in [-0.2, -0.15) is 0 Å². The van der Waals surface area contributed by atoms with Crippen molar-refractivity contribution in [2.45, 2.75) is 39.2 Å². The highest BCUT2D eigenvalue weighted by Gasteiger charge is 2.27. The van der Waals surface area contributed by atoms with Crippen LogP contribution >= 0.6 is 0 Å². The molecule has 4 heteroatoms. The second-order valence-electron chi connectivity index (χ2n) is 6.61. The van der Waals surface area contributed by atoms with Gasteiger partial charge in [-0.3, -0.25) is 0 Å². The molecule has 4 nitrogen and oxygen atoms in total. The molecule has 0 bridgehead atoms. The molecule has 0 aliphatic carbocycles. The zero-order chi connectivity index (χ0) is 18.0. The SMILES string of the molecule is COc1ccc2c(c1CC=C(C)C)O[C@@H](c1ccc(O)cc1O)CC2. The topological polar surface area (TPSA) is 58.9 Å². The number of rotatable bonds is 4. The van der Waals surface area contributed by atoms with Crippen LogP contribution in [0, 0.1) is 0 Å². The normalized spacial score (nSPS) is 15.9. The molecule has 1 aliphatic rings. The van der Waals surface area contributed by atoms with Crippen molar-refractivity contribution in [2.24, 2.45) is 0 Å². The summed E-state index contributed by atoms with van der Waals surface area (Å²) in [6.45, 7) is 4.14. The third kappa shape index (κ3) is 3.58. The summed E-state index contributed by atoms with van der Waals surface area (Å²) in [5.41, 5.74) is 4.12. The summed E-state index contributed by atoms with van der Waals surface area (Å²) in [5.74, 6) is 1.76. The van der Waals surface area contributed by atoms with Gasteiger partial charge in [0.05, 0.1) is 7.11 Å². The van der Waals surface area contributed by atoms with Crippen LogP contribution in [0.3, 0.4) is 0 Å². The van der Waals surface area contributed by atoms with Crippen molar-refractivity contribution in [1.29, 1.82) is 0 Å². The van der Waals surface area contributed by atoms with Gasteiger partial charge in [-0.1, -0.05) is 17.7 Å². The summed E-state index contributed by atoms with van der Waals surface area (Å²) in [7, 11) is 1.67. The van der Waals surface area contributed by atoms with Crippen molar-refractivity contribution in [2.75, 3.05) is 7.11 Å². The van der Waals surface area contributed by atoms with Gasteiger partial charge in [-0.15, -0.1) is 0 Å². The molecule has 2 N–H and O–H groups in total. The fraction of sp³-hybridized carbons (Fsp3) is 0.333. The first kappa shape index (κ1) is 17.2. The second-order valence-corrected chi connectivity index (χ2v) is 6.61. The van der Waals surface area contributed by atoms with E-state index in [2.05, 4.69) is 19.9 Å². The third-order valence-corrected chi connectivity index (χ3v) is 4.53. The minimum Gasteiger partial charge on any atom is -0.508 e. The summed E-state index contributed by atoms with van der Waals surface area (Å²) in [5, 5.41) is 19.7. The Morgan fingerprint density at radius 1 is 1.24 bits per heavy atom. The van der Waals surface area contributed by atoms with E-state index in [4.69, 9.17) is 9.47 Å². The van der Waals surface area contributed by atoms with Gasteiger partial charge in [-0.25, -0.2) is 0 Å². The number of aromatic hydroxyl groups is 2. The molecule has 0 amide bonds. The number of allylic oxidation sites excluding steroid dienone is 2. The molecule has 0 radical (unpaired) electrons. The van der Waals surface area contributed by atoms with Crippen LogP contribution < -0.4 is 9.47 Å². The predicted molar refractivity (Wildman–Crippen MR) is 97.6 cm³/mol. The van der Waals surface area contributed by atoms with Crippen LogP contribution in [0.2, 0.25) is 0 Å². The van der Waals surface area contributed by atoms with Gasteiger partial charge in [0.25, 0.3) is 0 Å². The second kappa shape index (κ2) is 7.09. The summed E-state index contributed by atoms with van der Waals surface area (Å²) < 4.78 is 11.8. The van der Waals surface area contributed by atoms with E-state index in [-0.39, 0.29) is 17.6 Å². The van der Waals surface area contributed by atoms with Gasteiger partial charge in [-0.05, 0) is 56.9 Å². The quantitative estimate of drug-likeness (QED) is 0.793. The minimum absolute atomic E-state index is 0.0448. The maximum atomic E-state index is 10.2. The zero-order valence-electron chi connectivity index (χ0n) is 14.9. The van der Waals surface area contributed by atoms with Gasteiger partial charge < -0.3 is 19.7 Å². The van der Waals surface area contributed by atoms with E-state index in [1.165, 1.54) is 11.6 Å². The predicted octanol–water partition coefficient (Wildman–Crippen LogP) is 4.68. The van der Waals surface area contributed by atoms with Gasteiger partial charge in [0, 0.05) is 17.2 Å². The van der Waals surface area contributed by atoms with Crippen molar-refractivity contribution in [3.63, 3.8) is 0 Å². The van der Waals surface area contributed by atoms with Crippen molar-refractivity contribution in [1.82, 2.24) is 0 Å². The Kier molecular flexibility index (Phi) is 4.88. The highest BCUT2D eigenvalue weighted by atomic mass is 16.5. The maximum Gasteiger partial charge on any atom is 0.130 e. The Bertz CT molecular complexity index is 804. The van der Waals surface area contributed by atoms with E-state index < -0.39 is 0 Å². The van der Waals surface area contributed by atoms with Crippen molar-refractivity contribution in [3.05, 3.63) is 58.7 Å². The molecular formula is C21H24O4. The number of phenolic OH excluding ortho intramolecular Hbond substituents is 2. The average Bonchev–Trinajstić information content (AvgIpc) is 2.59. The fourth-order valence-electron chi connectivity index (χ4n) is 3.20. The molecule has 2 aromatic rings. The van der Waals surface area contributed by atoms with Crippen molar-refractivity contribution < 1.29 is 19.7 Å². The van der Waals surface area contributed by atoms with E-state index in [1.54, 1.807) is 19.2 Å². The van der Waals surface area contributed by atoms with Crippen molar-refractivity contribution in [3.8, 4) is 23.0 Å². The first-order valence-corrected chi connectivity index (χ1v) is 8.50. The number of benzene rings is 2. The lowest BCUT2D eigenvalue weighted by Crippen LogP contribution is -2.17. The summed E-state index contributed by atoms with van der Waals surface area (Å²) in [6.07, 6.45) is 4.29. The molecule has 1 atom stereocenters. The molecule has 25 heavy (non-hydrogen) atoms. The summed E-state index contributed by atoms with van der Waals surface area (Å²) in [4.78, 5) is 0. The van der Waals surface area contributed by atoms with Crippen molar-refractivity contribution >= 4 is 0 Å². The first-order valence-electron chi connectivity index (χ1n) is 8.50. The average molecular weight is 340 g/mol. The Balaban J connectivity index is 1.99. The van der Waals surface area contributed by atoms with Crippen LogP contribution in [0.1, 0.15) is 43.1 Å². The number of ether oxygens (including phenoxy) is 2. The Morgan fingerprint density at radius 2 is 2.04 bits per heavy atom. The molecule has 1 aliphatic heterocycles. The Morgan fingerprint density at radius 3 is 2.72 bits per heavy atom. The molecule has 0 saturated heterocycles. The van der Waals surface area contributed by atoms with Gasteiger partial charge in [0.1, 0.15) is 29.1 Å². The van der Waals surface area contributed by atoms with E-state index in [0.717, 1.165) is 41.9 Å². The van der Waals surface area contributed by atoms with Gasteiger partial charge >= 0.3 is 0 Å². The smallest absolute Gasteiger partial charge is 0.130 e. The first-order chi connectivity index (χ1) is 12.0. The lowest BCUT2D eigenvalue weighted by atomic mass is 9.93. The van der Waals surface area contributed by atoms with Crippen LogP contribution in [-0.4, -0.2) is 17.3 Å². The van der Waals surface area contributed by atoms with Gasteiger partial charge in [0.15, 0.2) is 0 Å². The van der Waals surface area contributed by atoms with E-state index in [0.29, 0.717) is 5.56 Å². The Labute approximate surface area is 148 Å². The van der Waals surface area contributed by atoms with Crippen LogP contribution in [0.5, 0.6) is 23.0 Å². The number of fused-ring (bicyclic) bond motifs is 1. The Hall–Kier alpha value is -2.62. The monoisotopic (exact) mass is 340 g/mol. The lowest BCUT2D eigenvalue weighted by molar-refractivity contribution is 0.170. The van der Waals surface area contributed by atoms with Crippen LogP contribution in [0.4, 0.5) is 0 Å². The molecule has 2 aromatic carbocycles. The number of methoxy groups -OCH3 is 1. The number of phenols is 2. The fourth-order valence-corrected chi connectivity index (χ4v) is 3.20. The molecule has 0 unspecified atom stereocenters. The standard InChI is InChI=1S/C21H24O4/c1-13(2)4-8-17-19(24-3)10-5-14-6-11-20(25-21(14)17)16-9-7-15(22)12-18(16)23/h4-5,7,9-10,12,20,22-23H,6,8,11H2,1-3H3/t20-/m1/s1. The number of aryl methyl sites for hydroxylation is 1. The van der Waals surface area contributed by atoms with E-state index >= 15 is 0 Å². The van der Waals surface area contributed by atoms with E-state index in [9.17, 15) is 10.2 Å². The summed E-state index contributed by atoms with van der Waals surface area (Å²) in [6, 6.07) is 8.69. The molecule has 132 valence electrons. The van der Waals surface area contributed by atoms with E-state index in [1.807, 2.05) is 12.1 Å². The highest BCUT2D eigenvalue weighted by molar-refractivity contribution is 5.53. The molecule has 3 rings (SSSR count). The third-order valence-electron chi connectivity index (χ3n) is 4.53. The summed E-state index contributed by atoms with van der Waals surface area (Å²) >= 11 is 0. The largest absolute Gasteiger partial charge is 0.508 e. The zero-order valence-corrected chi connectivity index (χ0v) is 14.9. The molecule has 0 spiro atoms. The number of hydrogen-bond donors (Lipinski definition) is 2. The molecule has 0 aromatic heterocycles. The minimum atomic E-state index is -0.245. The van der Waals surface area contributed by atoms with Crippen LogP contribution in [0.15, 0.2) is 42.0 Å². The number of hydrogen-bond acceptors (Lipinski definition) is 4. The molecule has 0 fully saturated rings. The molecular weight excluding hydrogens is 316 g/mol. The highest BCUT2D eigenvalue weighted by Crippen LogP contribution is 2.43. The van der Waals surface area contributed by atoms with Crippen LogP contribution in [-0.2, 0) is 12.8 Å².